The van der Waals surface area contributed by atoms with Crippen molar-refractivity contribution in [3.05, 3.63) is 35.1 Å². The Balaban J connectivity index is 2.18. The van der Waals surface area contributed by atoms with Crippen molar-refractivity contribution in [2.45, 2.75) is 32.3 Å². The lowest BCUT2D eigenvalue weighted by Crippen LogP contribution is -2.31. The molecule has 1 atom stereocenters. The second kappa shape index (κ2) is 4.49. The predicted molar refractivity (Wildman–Crippen MR) is 56.1 cm³/mol. The Labute approximate surface area is 93.8 Å². The van der Waals surface area contributed by atoms with E-state index in [1.807, 2.05) is 0 Å². The van der Waals surface area contributed by atoms with Gasteiger partial charge in [-0.1, -0.05) is 6.07 Å². The Kier molecular flexibility index (Phi) is 3.23. The molecule has 0 amide bonds. The molecule has 3 nitrogen and oxygen atoms in total. The standard InChI is InChI=1S/C12H15FO3/c1-12(4-5-14)15-7-9-2-3-11(13)6-10(9)8-16-12/h2-3,6,14H,4-5,7-8H2,1H3. The summed E-state index contributed by atoms with van der Waals surface area (Å²) in [5, 5.41) is 8.92. The molecular weight excluding hydrogens is 211 g/mol. The molecule has 2 rings (SSSR count). The van der Waals surface area contributed by atoms with Crippen LogP contribution in [0.25, 0.3) is 0 Å². The van der Waals surface area contributed by atoms with Gasteiger partial charge < -0.3 is 14.6 Å². The third-order valence-corrected chi connectivity index (χ3v) is 2.80. The minimum Gasteiger partial charge on any atom is -0.396 e. The van der Waals surface area contributed by atoms with E-state index in [-0.39, 0.29) is 12.4 Å². The predicted octanol–water partition coefficient (Wildman–Crippen LogP) is 1.97. The number of aliphatic hydroxyl groups is 1. The van der Waals surface area contributed by atoms with Crippen molar-refractivity contribution in [1.29, 1.82) is 0 Å². The van der Waals surface area contributed by atoms with E-state index >= 15 is 0 Å². The fourth-order valence-corrected chi connectivity index (χ4v) is 1.72. The Morgan fingerprint density at radius 1 is 1.31 bits per heavy atom. The maximum Gasteiger partial charge on any atom is 0.168 e. The van der Waals surface area contributed by atoms with Crippen LogP contribution in [-0.2, 0) is 22.7 Å². The summed E-state index contributed by atoms with van der Waals surface area (Å²) >= 11 is 0. The van der Waals surface area contributed by atoms with E-state index in [1.54, 1.807) is 13.0 Å². The van der Waals surface area contributed by atoms with Crippen LogP contribution >= 0.6 is 0 Å². The van der Waals surface area contributed by atoms with E-state index in [0.29, 0.717) is 19.6 Å². The van der Waals surface area contributed by atoms with E-state index in [4.69, 9.17) is 14.6 Å². The first-order valence-electron chi connectivity index (χ1n) is 5.29. The maximum atomic E-state index is 13.0. The van der Waals surface area contributed by atoms with Gasteiger partial charge in [-0.3, -0.25) is 0 Å². The molecular formula is C12H15FO3. The molecule has 1 aromatic rings. The van der Waals surface area contributed by atoms with E-state index in [1.165, 1.54) is 12.1 Å². The summed E-state index contributed by atoms with van der Waals surface area (Å²) in [6, 6.07) is 4.58. The summed E-state index contributed by atoms with van der Waals surface area (Å²) in [4.78, 5) is 0. The Morgan fingerprint density at radius 2 is 2.00 bits per heavy atom. The number of halogens is 1. The van der Waals surface area contributed by atoms with Gasteiger partial charge in [0.15, 0.2) is 5.79 Å². The monoisotopic (exact) mass is 226 g/mol. The normalized spacial score (nSPS) is 24.9. The highest BCUT2D eigenvalue weighted by atomic mass is 19.1. The van der Waals surface area contributed by atoms with Crippen LogP contribution in [-0.4, -0.2) is 17.5 Å². The molecule has 1 heterocycles. The lowest BCUT2D eigenvalue weighted by atomic mass is 10.1. The molecule has 1 N–H and O–H groups in total. The molecule has 0 radical (unpaired) electrons. The van der Waals surface area contributed by atoms with Crippen molar-refractivity contribution in [3.63, 3.8) is 0 Å². The van der Waals surface area contributed by atoms with E-state index in [9.17, 15) is 4.39 Å². The number of rotatable bonds is 2. The van der Waals surface area contributed by atoms with Crippen LogP contribution in [0.5, 0.6) is 0 Å². The summed E-state index contributed by atoms with van der Waals surface area (Å²) in [5.74, 6) is -1.06. The average Bonchev–Trinajstić information content (AvgIpc) is 2.40. The third-order valence-electron chi connectivity index (χ3n) is 2.80. The highest BCUT2D eigenvalue weighted by Crippen LogP contribution is 2.27. The van der Waals surface area contributed by atoms with Gasteiger partial charge in [0, 0.05) is 13.0 Å². The molecule has 4 heteroatoms. The van der Waals surface area contributed by atoms with Crippen LogP contribution in [0.4, 0.5) is 4.39 Å². The van der Waals surface area contributed by atoms with E-state index < -0.39 is 5.79 Å². The van der Waals surface area contributed by atoms with Crippen molar-refractivity contribution in [3.8, 4) is 0 Å². The van der Waals surface area contributed by atoms with Crippen LogP contribution in [0.3, 0.4) is 0 Å². The largest absolute Gasteiger partial charge is 0.396 e. The molecule has 1 unspecified atom stereocenters. The highest BCUT2D eigenvalue weighted by molar-refractivity contribution is 5.27. The van der Waals surface area contributed by atoms with Gasteiger partial charge in [0.1, 0.15) is 5.82 Å². The molecule has 1 aliphatic rings. The first kappa shape index (κ1) is 11.5. The van der Waals surface area contributed by atoms with Gasteiger partial charge in [0.25, 0.3) is 0 Å². The Hall–Kier alpha value is -0.970. The van der Waals surface area contributed by atoms with Gasteiger partial charge in [-0.2, -0.15) is 0 Å². The number of benzene rings is 1. The van der Waals surface area contributed by atoms with Crippen molar-refractivity contribution in [2.75, 3.05) is 6.61 Å². The Bertz CT molecular complexity index is 381. The van der Waals surface area contributed by atoms with Gasteiger partial charge >= 0.3 is 0 Å². The number of hydrogen-bond donors (Lipinski definition) is 1. The summed E-state index contributed by atoms with van der Waals surface area (Å²) in [6.45, 7) is 2.47. The molecule has 0 fully saturated rings. The van der Waals surface area contributed by atoms with Gasteiger partial charge in [0.2, 0.25) is 0 Å². The third kappa shape index (κ3) is 2.40. The molecule has 88 valence electrons. The van der Waals surface area contributed by atoms with Crippen LogP contribution in [0.1, 0.15) is 24.5 Å². The smallest absolute Gasteiger partial charge is 0.168 e. The maximum absolute atomic E-state index is 13.0. The van der Waals surface area contributed by atoms with Crippen LogP contribution < -0.4 is 0 Å². The molecule has 0 saturated carbocycles. The van der Waals surface area contributed by atoms with Crippen LogP contribution in [0.2, 0.25) is 0 Å². The molecule has 0 saturated heterocycles. The number of ether oxygens (including phenoxy) is 2. The van der Waals surface area contributed by atoms with E-state index in [0.717, 1.165) is 11.1 Å². The zero-order valence-electron chi connectivity index (χ0n) is 9.20. The van der Waals surface area contributed by atoms with Crippen LogP contribution in [0, 0.1) is 5.82 Å². The highest BCUT2D eigenvalue weighted by Gasteiger charge is 2.28. The van der Waals surface area contributed by atoms with Gasteiger partial charge in [-0.15, -0.1) is 0 Å². The van der Waals surface area contributed by atoms with Gasteiger partial charge in [-0.25, -0.2) is 4.39 Å². The molecule has 16 heavy (non-hydrogen) atoms. The molecule has 1 aromatic carbocycles. The molecule has 0 bridgehead atoms. The summed E-state index contributed by atoms with van der Waals surface area (Å²) in [7, 11) is 0. The quantitative estimate of drug-likeness (QED) is 0.838. The lowest BCUT2D eigenvalue weighted by Gasteiger charge is -2.27. The second-order valence-corrected chi connectivity index (χ2v) is 4.10. The zero-order chi connectivity index (χ0) is 11.6. The minimum absolute atomic E-state index is 0.00120. The number of hydrogen-bond acceptors (Lipinski definition) is 3. The Morgan fingerprint density at radius 3 is 2.69 bits per heavy atom. The number of aliphatic hydroxyl groups excluding tert-OH is 1. The molecule has 0 spiro atoms. The fraction of sp³-hybridized carbons (Fsp3) is 0.500. The molecule has 1 aliphatic heterocycles. The van der Waals surface area contributed by atoms with Gasteiger partial charge in [0.05, 0.1) is 13.2 Å². The van der Waals surface area contributed by atoms with Crippen molar-refractivity contribution >= 4 is 0 Å². The topological polar surface area (TPSA) is 38.7 Å². The van der Waals surface area contributed by atoms with Crippen molar-refractivity contribution in [2.24, 2.45) is 0 Å². The lowest BCUT2D eigenvalue weighted by molar-refractivity contribution is -0.238. The number of fused-ring (bicyclic) bond motifs is 1. The van der Waals surface area contributed by atoms with Gasteiger partial charge in [-0.05, 0) is 30.2 Å². The minimum atomic E-state index is -0.787. The first-order chi connectivity index (χ1) is 7.63. The van der Waals surface area contributed by atoms with Crippen molar-refractivity contribution < 1.29 is 19.0 Å². The van der Waals surface area contributed by atoms with E-state index in [2.05, 4.69) is 0 Å². The summed E-state index contributed by atoms with van der Waals surface area (Å²) in [6.07, 6.45) is 0.406. The first-order valence-corrected chi connectivity index (χ1v) is 5.29. The summed E-state index contributed by atoms with van der Waals surface area (Å²) < 4.78 is 24.2. The summed E-state index contributed by atoms with van der Waals surface area (Å²) in [5.41, 5.74) is 1.74. The average molecular weight is 226 g/mol. The fourth-order valence-electron chi connectivity index (χ4n) is 1.72. The SMILES string of the molecule is CC1(CCO)OCc2ccc(F)cc2CO1. The zero-order valence-corrected chi connectivity index (χ0v) is 9.20. The van der Waals surface area contributed by atoms with Crippen LogP contribution in [0.15, 0.2) is 18.2 Å². The molecule has 0 aliphatic carbocycles. The van der Waals surface area contributed by atoms with Crippen molar-refractivity contribution in [1.82, 2.24) is 0 Å². The second-order valence-electron chi connectivity index (χ2n) is 4.10. The molecule has 0 aromatic heterocycles.